The average Bonchev–Trinajstić information content (AvgIpc) is 3.42. The summed E-state index contributed by atoms with van der Waals surface area (Å²) in [5, 5.41) is 0. The van der Waals surface area contributed by atoms with E-state index in [0.717, 1.165) is 11.3 Å². The molecule has 0 unspecified atom stereocenters. The molecular weight excluding hydrogens is 515 g/mol. The molecule has 39 heavy (non-hydrogen) atoms. The Balaban J connectivity index is 1.68. The van der Waals surface area contributed by atoms with Crippen molar-refractivity contribution in [3.8, 4) is 16.9 Å². The van der Waals surface area contributed by atoms with E-state index in [1.54, 1.807) is 37.8 Å². The fourth-order valence-electron chi connectivity index (χ4n) is 5.05. The quantitative estimate of drug-likeness (QED) is 0.240. The van der Waals surface area contributed by atoms with Crippen molar-refractivity contribution < 1.29 is 22.0 Å². The smallest absolute Gasteiger partial charge is 0.245 e. The number of para-hydroxylation sites is 1. The molecule has 4 aromatic rings. The second kappa shape index (κ2) is 11.2. The third-order valence-electron chi connectivity index (χ3n) is 7.11. The van der Waals surface area contributed by atoms with Gasteiger partial charge in [-0.1, -0.05) is 44.2 Å². The van der Waals surface area contributed by atoms with Crippen molar-refractivity contribution in [2.45, 2.75) is 37.6 Å². The van der Waals surface area contributed by atoms with E-state index in [1.807, 2.05) is 42.5 Å². The Bertz CT molecular complexity index is 1500. The van der Waals surface area contributed by atoms with Crippen LogP contribution in [0.2, 0.25) is 0 Å². The van der Waals surface area contributed by atoms with Crippen LogP contribution < -0.4 is 9.64 Å². The van der Waals surface area contributed by atoms with Crippen molar-refractivity contribution >= 4 is 21.4 Å². The van der Waals surface area contributed by atoms with E-state index in [9.17, 15) is 12.8 Å². The highest BCUT2D eigenvalue weighted by Gasteiger charge is 2.38. The van der Waals surface area contributed by atoms with Crippen LogP contribution in [-0.4, -0.2) is 39.0 Å². The molecule has 1 aromatic heterocycles. The van der Waals surface area contributed by atoms with Gasteiger partial charge in [-0.25, -0.2) is 12.8 Å². The van der Waals surface area contributed by atoms with E-state index in [-0.39, 0.29) is 16.8 Å². The van der Waals surface area contributed by atoms with Crippen molar-refractivity contribution in [3.63, 3.8) is 0 Å². The molecule has 1 aliphatic heterocycles. The van der Waals surface area contributed by atoms with Crippen molar-refractivity contribution in [3.05, 3.63) is 96.7 Å². The van der Waals surface area contributed by atoms with E-state index < -0.39 is 10.0 Å². The van der Waals surface area contributed by atoms with Crippen molar-refractivity contribution in [1.29, 1.82) is 0 Å². The molecule has 0 bridgehead atoms. The van der Waals surface area contributed by atoms with Crippen LogP contribution in [0.15, 0.2) is 94.6 Å². The van der Waals surface area contributed by atoms with Gasteiger partial charge in [0.15, 0.2) is 0 Å². The van der Waals surface area contributed by atoms with Gasteiger partial charge < -0.3 is 14.1 Å². The van der Waals surface area contributed by atoms with Crippen LogP contribution in [0.25, 0.3) is 11.1 Å². The van der Waals surface area contributed by atoms with Crippen LogP contribution in [0, 0.1) is 11.7 Å². The van der Waals surface area contributed by atoms with Gasteiger partial charge in [0.05, 0.1) is 24.8 Å². The first-order chi connectivity index (χ1) is 18.7. The highest BCUT2D eigenvalue weighted by Crippen LogP contribution is 2.44. The molecule has 1 atom stereocenters. The van der Waals surface area contributed by atoms with Gasteiger partial charge >= 0.3 is 0 Å². The standard InChI is InChI=1S/C31H33FN2O4S/c1-22(2)17-27-20-34(26-7-5-4-6-8-26)29-19-30(38-16-14-23-13-15-37-21-23)28(24-9-11-25(32)12-10-24)18-31(29)39(35,36)33(27)3/h4-13,15,18-19,21-22,27H,14,16-17,20H2,1-3H3/t27-/m1/s1. The summed E-state index contributed by atoms with van der Waals surface area (Å²) in [6, 6.07) is 21.0. The molecule has 3 aromatic carbocycles. The van der Waals surface area contributed by atoms with Gasteiger partial charge in [0, 0.05) is 43.4 Å². The number of sulfonamides is 1. The number of furan rings is 1. The number of likely N-dealkylation sites (N-methyl/N-ethyl adjacent to an activating group) is 1. The largest absolute Gasteiger partial charge is 0.493 e. The number of ether oxygens (including phenoxy) is 1. The van der Waals surface area contributed by atoms with Gasteiger partial charge in [-0.15, -0.1) is 0 Å². The molecule has 0 spiro atoms. The number of halogens is 1. The summed E-state index contributed by atoms with van der Waals surface area (Å²) in [4.78, 5) is 2.27. The normalized spacial score (nSPS) is 17.2. The molecule has 0 saturated heterocycles. The molecule has 0 saturated carbocycles. The lowest BCUT2D eigenvalue weighted by Crippen LogP contribution is -2.41. The summed E-state index contributed by atoms with van der Waals surface area (Å²) < 4.78 is 55.0. The summed E-state index contributed by atoms with van der Waals surface area (Å²) >= 11 is 0. The summed E-state index contributed by atoms with van der Waals surface area (Å²) in [7, 11) is -2.19. The van der Waals surface area contributed by atoms with Gasteiger partial charge in [0.1, 0.15) is 16.5 Å². The van der Waals surface area contributed by atoms with Gasteiger partial charge in [0.25, 0.3) is 0 Å². The van der Waals surface area contributed by atoms with Crippen LogP contribution >= 0.6 is 0 Å². The fourth-order valence-corrected chi connectivity index (χ4v) is 6.61. The first kappa shape index (κ1) is 27.0. The summed E-state index contributed by atoms with van der Waals surface area (Å²) in [5.74, 6) is 0.475. The maximum atomic E-state index is 14.1. The molecule has 6 nitrogen and oxygen atoms in total. The van der Waals surface area contributed by atoms with Gasteiger partial charge in [-0.2, -0.15) is 4.31 Å². The van der Waals surface area contributed by atoms with Crippen LogP contribution in [0.5, 0.6) is 5.75 Å². The van der Waals surface area contributed by atoms with E-state index in [2.05, 4.69) is 18.7 Å². The van der Waals surface area contributed by atoms with Crippen LogP contribution in [0.3, 0.4) is 0 Å². The monoisotopic (exact) mass is 548 g/mol. The summed E-state index contributed by atoms with van der Waals surface area (Å²) in [5.41, 5.74) is 3.72. The van der Waals surface area contributed by atoms with Gasteiger partial charge in [-0.3, -0.25) is 0 Å². The van der Waals surface area contributed by atoms with Crippen LogP contribution in [0.1, 0.15) is 25.8 Å². The van der Waals surface area contributed by atoms with Crippen LogP contribution in [-0.2, 0) is 16.4 Å². The minimum absolute atomic E-state index is 0.196. The Morgan fingerprint density at radius 3 is 2.46 bits per heavy atom. The van der Waals surface area contributed by atoms with Crippen molar-refractivity contribution in [1.82, 2.24) is 4.31 Å². The van der Waals surface area contributed by atoms with Gasteiger partial charge in [-0.05, 0) is 59.9 Å². The predicted molar refractivity (Wildman–Crippen MR) is 151 cm³/mol. The van der Waals surface area contributed by atoms with E-state index in [0.29, 0.717) is 54.5 Å². The fraction of sp³-hybridized carbons (Fsp3) is 0.290. The Labute approximate surface area is 229 Å². The number of nitrogens with zero attached hydrogens (tertiary/aromatic N) is 2. The maximum absolute atomic E-state index is 14.1. The minimum Gasteiger partial charge on any atom is -0.493 e. The highest BCUT2D eigenvalue weighted by atomic mass is 32.2. The first-order valence-electron chi connectivity index (χ1n) is 13.1. The zero-order valence-corrected chi connectivity index (χ0v) is 23.2. The zero-order valence-electron chi connectivity index (χ0n) is 22.4. The molecule has 0 N–H and O–H groups in total. The number of anilines is 2. The SMILES string of the molecule is CC(C)C[C@@H]1CN(c2ccccc2)c2cc(OCCc3ccoc3)c(-c3ccc(F)cc3)cc2S(=O)(=O)N1C. The molecule has 8 heteroatoms. The third-order valence-corrected chi connectivity index (χ3v) is 9.05. The number of benzene rings is 3. The van der Waals surface area contributed by atoms with Gasteiger partial charge in [0.2, 0.25) is 10.0 Å². The number of fused-ring (bicyclic) bond motifs is 1. The molecule has 0 radical (unpaired) electrons. The average molecular weight is 549 g/mol. The van der Waals surface area contributed by atoms with E-state index in [4.69, 9.17) is 9.15 Å². The third kappa shape index (κ3) is 5.72. The summed E-state index contributed by atoms with van der Waals surface area (Å²) in [6.45, 7) is 5.06. The Morgan fingerprint density at radius 2 is 1.79 bits per heavy atom. The molecule has 204 valence electrons. The lowest BCUT2D eigenvalue weighted by molar-refractivity contribution is 0.322. The topological polar surface area (TPSA) is 63.0 Å². The molecule has 5 rings (SSSR count). The lowest BCUT2D eigenvalue weighted by atomic mass is 10.0. The Hall–Kier alpha value is -3.62. The minimum atomic E-state index is -3.85. The molecule has 0 fully saturated rings. The maximum Gasteiger partial charge on any atom is 0.245 e. The van der Waals surface area contributed by atoms with Crippen molar-refractivity contribution in [2.24, 2.45) is 5.92 Å². The number of rotatable bonds is 8. The zero-order chi connectivity index (χ0) is 27.6. The second-order valence-electron chi connectivity index (χ2n) is 10.3. The Morgan fingerprint density at radius 1 is 1.05 bits per heavy atom. The first-order valence-corrected chi connectivity index (χ1v) is 14.6. The van der Waals surface area contributed by atoms with E-state index >= 15 is 0 Å². The van der Waals surface area contributed by atoms with Crippen molar-refractivity contribution in [2.75, 3.05) is 25.1 Å². The lowest BCUT2D eigenvalue weighted by Gasteiger charge is -2.30. The second-order valence-corrected chi connectivity index (χ2v) is 12.3. The molecule has 1 aliphatic rings. The molecule has 0 aliphatic carbocycles. The molecule has 0 amide bonds. The Kier molecular flexibility index (Phi) is 7.77. The number of hydrogen-bond acceptors (Lipinski definition) is 5. The molecule has 2 heterocycles. The summed E-state index contributed by atoms with van der Waals surface area (Å²) in [6.07, 6.45) is 4.63. The number of hydrogen-bond donors (Lipinski definition) is 0. The van der Waals surface area contributed by atoms with Crippen LogP contribution in [0.4, 0.5) is 15.8 Å². The predicted octanol–water partition coefficient (Wildman–Crippen LogP) is 6.89. The molecular formula is C31H33FN2O4S. The highest BCUT2D eigenvalue weighted by molar-refractivity contribution is 7.89. The van der Waals surface area contributed by atoms with E-state index in [1.165, 1.54) is 16.4 Å².